The molecule has 4 rings (SSSR count). The summed E-state index contributed by atoms with van der Waals surface area (Å²) in [4.78, 5) is 7.68. The number of benzene rings is 1. The van der Waals surface area contributed by atoms with Crippen molar-refractivity contribution < 1.29 is 0 Å². The van der Waals surface area contributed by atoms with Gasteiger partial charge in [-0.25, -0.2) is 0 Å². The third kappa shape index (κ3) is 4.39. The minimum absolute atomic E-state index is 0.826. The third-order valence-electron chi connectivity index (χ3n) is 5.09. The molecule has 0 saturated carbocycles. The van der Waals surface area contributed by atoms with E-state index in [0.717, 1.165) is 49.8 Å². The third-order valence-corrected chi connectivity index (χ3v) is 5.09. The second-order valence-electron chi connectivity index (χ2n) is 7.19. The van der Waals surface area contributed by atoms with Gasteiger partial charge < -0.3 is 15.6 Å². The lowest BCUT2D eigenvalue weighted by molar-refractivity contribution is 0.713. The SMILES string of the molecule is CN=C(NCCCc1nnc2ccccn12)NCCc1c[nH]c2cc(C)ccc12. The summed E-state index contributed by atoms with van der Waals surface area (Å²) in [6.07, 6.45) is 6.87. The topological polar surface area (TPSA) is 82.4 Å². The van der Waals surface area contributed by atoms with E-state index in [1.165, 1.54) is 22.0 Å². The van der Waals surface area contributed by atoms with Crippen molar-refractivity contribution in [3.63, 3.8) is 0 Å². The molecule has 0 aliphatic carbocycles. The Hall–Kier alpha value is -3.35. The largest absolute Gasteiger partial charge is 0.361 e. The number of nitrogens with zero attached hydrogens (tertiary/aromatic N) is 4. The lowest BCUT2D eigenvalue weighted by Crippen LogP contribution is -2.38. The van der Waals surface area contributed by atoms with Crippen molar-refractivity contribution in [2.24, 2.45) is 4.99 Å². The number of rotatable bonds is 7. The molecule has 3 N–H and O–H groups in total. The number of guanidine groups is 1. The van der Waals surface area contributed by atoms with Gasteiger partial charge in [-0.1, -0.05) is 18.2 Å². The van der Waals surface area contributed by atoms with E-state index in [1.54, 1.807) is 7.05 Å². The maximum atomic E-state index is 4.32. The number of nitrogens with one attached hydrogen (secondary N) is 3. The van der Waals surface area contributed by atoms with Crippen LogP contribution >= 0.6 is 0 Å². The molecule has 7 heteroatoms. The Balaban J connectivity index is 1.22. The molecule has 0 bridgehead atoms. The summed E-state index contributed by atoms with van der Waals surface area (Å²) < 4.78 is 2.04. The first-order valence-electron chi connectivity index (χ1n) is 10.0. The Bertz CT molecular complexity index is 1120. The summed E-state index contributed by atoms with van der Waals surface area (Å²) in [7, 11) is 1.80. The van der Waals surface area contributed by atoms with Gasteiger partial charge in [0.05, 0.1) is 0 Å². The first-order chi connectivity index (χ1) is 14.2. The molecule has 4 aromatic rings. The van der Waals surface area contributed by atoms with Gasteiger partial charge in [0.2, 0.25) is 0 Å². The molecular weight excluding hydrogens is 362 g/mol. The Morgan fingerprint density at radius 3 is 2.90 bits per heavy atom. The fourth-order valence-electron chi connectivity index (χ4n) is 3.56. The first kappa shape index (κ1) is 19.0. The molecule has 1 aromatic carbocycles. The van der Waals surface area contributed by atoms with E-state index in [1.807, 2.05) is 28.8 Å². The Morgan fingerprint density at radius 1 is 1.10 bits per heavy atom. The zero-order valence-electron chi connectivity index (χ0n) is 16.9. The smallest absolute Gasteiger partial charge is 0.190 e. The van der Waals surface area contributed by atoms with Crippen LogP contribution in [-0.2, 0) is 12.8 Å². The first-order valence-corrected chi connectivity index (χ1v) is 10.0. The summed E-state index contributed by atoms with van der Waals surface area (Å²) in [5.41, 5.74) is 4.68. The predicted octanol–water partition coefficient (Wildman–Crippen LogP) is 2.86. The fourth-order valence-corrected chi connectivity index (χ4v) is 3.56. The summed E-state index contributed by atoms with van der Waals surface area (Å²) in [6.45, 7) is 3.77. The van der Waals surface area contributed by atoms with Crippen LogP contribution in [0.5, 0.6) is 0 Å². The highest BCUT2D eigenvalue weighted by atomic mass is 15.2. The normalized spacial score (nSPS) is 12.0. The van der Waals surface area contributed by atoms with E-state index in [4.69, 9.17) is 0 Å². The molecule has 3 aromatic heterocycles. The van der Waals surface area contributed by atoms with E-state index < -0.39 is 0 Å². The summed E-state index contributed by atoms with van der Waals surface area (Å²) >= 11 is 0. The zero-order valence-corrected chi connectivity index (χ0v) is 16.9. The van der Waals surface area contributed by atoms with Crippen LogP contribution in [-0.4, -0.2) is 45.7 Å². The van der Waals surface area contributed by atoms with Gasteiger partial charge in [-0.2, -0.15) is 0 Å². The highest BCUT2D eigenvalue weighted by molar-refractivity contribution is 5.84. The molecule has 29 heavy (non-hydrogen) atoms. The van der Waals surface area contributed by atoms with E-state index in [-0.39, 0.29) is 0 Å². The minimum atomic E-state index is 0.826. The quantitative estimate of drug-likeness (QED) is 0.258. The highest BCUT2D eigenvalue weighted by Crippen LogP contribution is 2.19. The molecule has 0 saturated heterocycles. The van der Waals surface area contributed by atoms with Crippen LogP contribution in [0.3, 0.4) is 0 Å². The van der Waals surface area contributed by atoms with Gasteiger partial charge in [0.25, 0.3) is 0 Å². The number of aliphatic imine (C=N–C) groups is 1. The summed E-state index contributed by atoms with van der Waals surface area (Å²) in [5, 5.41) is 16.5. The number of aryl methyl sites for hydroxylation is 2. The van der Waals surface area contributed by atoms with Crippen LogP contribution in [0.25, 0.3) is 16.6 Å². The molecule has 7 nitrogen and oxygen atoms in total. The van der Waals surface area contributed by atoms with Gasteiger partial charge >= 0.3 is 0 Å². The molecule has 0 unspecified atom stereocenters. The number of fused-ring (bicyclic) bond motifs is 2. The second kappa shape index (κ2) is 8.77. The van der Waals surface area contributed by atoms with Crippen molar-refractivity contribution in [1.82, 2.24) is 30.2 Å². The van der Waals surface area contributed by atoms with Gasteiger partial charge in [-0.15, -0.1) is 10.2 Å². The lowest BCUT2D eigenvalue weighted by Gasteiger charge is -2.11. The Kier molecular flexibility index (Phi) is 5.74. The van der Waals surface area contributed by atoms with Crippen LogP contribution in [0.1, 0.15) is 23.4 Å². The van der Waals surface area contributed by atoms with Crippen molar-refractivity contribution in [2.75, 3.05) is 20.1 Å². The standard InChI is InChI=1S/C22H27N7/c1-16-8-9-18-17(15-26-19(18)14-16)10-12-25-22(23-2)24-11-5-7-21-28-27-20-6-3-4-13-29(20)21/h3-4,6,8-9,13-15,26H,5,7,10-12H2,1-2H3,(H2,23,24,25). The second-order valence-corrected chi connectivity index (χ2v) is 7.19. The van der Waals surface area contributed by atoms with Crippen molar-refractivity contribution in [3.05, 3.63) is 65.7 Å². The zero-order chi connectivity index (χ0) is 20.1. The number of aromatic nitrogens is 4. The maximum Gasteiger partial charge on any atom is 0.190 e. The highest BCUT2D eigenvalue weighted by Gasteiger charge is 2.06. The fraction of sp³-hybridized carbons (Fsp3) is 0.318. The minimum Gasteiger partial charge on any atom is -0.361 e. The molecule has 0 atom stereocenters. The van der Waals surface area contributed by atoms with Crippen LogP contribution in [0.2, 0.25) is 0 Å². The Morgan fingerprint density at radius 2 is 2.00 bits per heavy atom. The number of hydrogen-bond donors (Lipinski definition) is 3. The maximum absolute atomic E-state index is 4.32. The van der Waals surface area contributed by atoms with E-state index in [0.29, 0.717) is 0 Å². The molecule has 0 amide bonds. The van der Waals surface area contributed by atoms with Crippen molar-refractivity contribution in [3.8, 4) is 0 Å². The molecule has 3 heterocycles. The molecule has 0 fully saturated rings. The van der Waals surface area contributed by atoms with Gasteiger partial charge in [0, 0.05) is 49.9 Å². The summed E-state index contributed by atoms with van der Waals surface area (Å²) in [5.74, 6) is 1.81. The van der Waals surface area contributed by atoms with Crippen molar-refractivity contribution >= 4 is 22.5 Å². The number of hydrogen-bond acceptors (Lipinski definition) is 3. The number of pyridine rings is 1. The average molecular weight is 390 g/mol. The van der Waals surface area contributed by atoms with Gasteiger partial charge in [0.15, 0.2) is 11.6 Å². The molecule has 0 radical (unpaired) electrons. The van der Waals surface area contributed by atoms with Crippen LogP contribution in [0.4, 0.5) is 0 Å². The van der Waals surface area contributed by atoms with Gasteiger partial charge in [-0.3, -0.25) is 9.39 Å². The molecular formula is C22H27N7. The van der Waals surface area contributed by atoms with Gasteiger partial charge in [0.1, 0.15) is 5.82 Å². The van der Waals surface area contributed by atoms with Crippen LogP contribution < -0.4 is 10.6 Å². The van der Waals surface area contributed by atoms with Crippen LogP contribution in [0.15, 0.2) is 53.8 Å². The monoisotopic (exact) mass is 389 g/mol. The van der Waals surface area contributed by atoms with Crippen LogP contribution in [0, 0.1) is 6.92 Å². The van der Waals surface area contributed by atoms with E-state index in [9.17, 15) is 0 Å². The van der Waals surface area contributed by atoms with Crippen molar-refractivity contribution in [2.45, 2.75) is 26.2 Å². The van der Waals surface area contributed by atoms with Gasteiger partial charge in [-0.05, 0) is 49.1 Å². The van der Waals surface area contributed by atoms with E-state index >= 15 is 0 Å². The predicted molar refractivity (Wildman–Crippen MR) is 117 cm³/mol. The molecule has 0 aliphatic rings. The lowest BCUT2D eigenvalue weighted by atomic mass is 10.1. The number of aromatic amines is 1. The summed E-state index contributed by atoms with van der Waals surface area (Å²) in [6, 6.07) is 12.5. The molecule has 150 valence electrons. The average Bonchev–Trinajstić information content (AvgIpc) is 3.33. The Labute approximate surface area is 170 Å². The van der Waals surface area contributed by atoms with Crippen molar-refractivity contribution in [1.29, 1.82) is 0 Å². The molecule has 0 aliphatic heterocycles. The molecule has 0 spiro atoms. The van der Waals surface area contributed by atoms with E-state index in [2.05, 4.69) is 62.1 Å². The number of H-pyrrole nitrogens is 1.